The molecule has 0 saturated heterocycles. The van der Waals surface area contributed by atoms with Gasteiger partial charge in [0.05, 0.1) is 29.6 Å². The zero-order chi connectivity index (χ0) is 25.4. The number of halogens is 1. The lowest BCUT2D eigenvalue weighted by atomic mass is 10.0. The normalized spacial score (nSPS) is 11.0. The zero-order valence-electron chi connectivity index (χ0n) is 20.3. The van der Waals surface area contributed by atoms with Crippen LogP contribution in [0.15, 0.2) is 71.2 Å². The number of nitrogens with one attached hydrogen (secondary N) is 1. The Balaban J connectivity index is 1.54. The highest BCUT2D eigenvalue weighted by atomic mass is 79.9. The number of pyridine rings is 1. The van der Waals surface area contributed by atoms with Crippen LogP contribution in [0.2, 0.25) is 0 Å². The van der Waals surface area contributed by atoms with E-state index in [1.165, 1.54) is 16.9 Å². The summed E-state index contributed by atoms with van der Waals surface area (Å²) in [6.07, 6.45) is 0. The summed E-state index contributed by atoms with van der Waals surface area (Å²) in [6, 6.07) is 21.6. The van der Waals surface area contributed by atoms with Gasteiger partial charge in [0.25, 0.3) is 5.91 Å². The lowest BCUT2D eigenvalue weighted by molar-refractivity contribution is 0.102. The fourth-order valence-corrected chi connectivity index (χ4v) is 5.33. The van der Waals surface area contributed by atoms with Crippen LogP contribution >= 0.6 is 27.3 Å². The van der Waals surface area contributed by atoms with Gasteiger partial charge in [0.2, 0.25) is 0 Å². The van der Waals surface area contributed by atoms with Gasteiger partial charge in [-0.15, -0.1) is 11.3 Å². The van der Waals surface area contributed by atoms with Crippen molar-refractivity contribution < 1.29 is 9.53 Å². The molecule has 0 atom stereocenters. The Morgan fingerprint density at radius 2 is 1.72 bits per heavy atom. The van der Waals surface area contributed by atoms with E-state index in [1.54, 1.807) is 7.11 Å². The van der Waals surface area contributed by atoms with E-state index in [9.17, 15) is 4.79 Å². The number of fused-ring (bicyclic) bond motifs is 1. The molecule has 0 saturated carbocycles. The molecule has 5 aromatic rings. The highest BCUT2D eigenvalue weighted by Gasteiger charge is 2.18. The highest BCUT2D eigenvalue weighted by Crippen LogP contribution is 2.34. The van der Waals surface area contributed by atoms with Gasteiger partial charge in [-0.1, -0.05) is 33.6 Å². The van der Waals surface area contributed by atoms with Crippen molar-refractivity contribution in [3.05, 3.63) is 92.8 Å². The van der Waals surface area contributed by atoms with Crippen molar-refractivity contribution in [3.63, 3.8) is 0 Å². The van der Waals surface area contributed by atoms with Crippen LogP contribution < -0.4 is 10.1 Å². The van der Waals surface area contributed by atoms with Crippen molar-refractivity contribution in [2.45, 2.75) is 20.8 Å². The maximum Gasteiger partial charge on any atom is 0.258 e. The zero-order valence-corrected chi connectivity index (χ0v) is 22.8. The Kier molecular flexibility index (Phi) is 6.60. The number of amides is 1. The van der Waals surface area contributed by atoms with E-state index in [0.717, 1.165) is 48.4 Å². The van der Waals surface area contributed by atoms with Crippen LogP contribution in [0.5, 0.6) is 5.75 Å². The Morgan fingerprint density at radius 1 is 0.944 bits per heavy atom. The van der Waals surface area contributed by atoms with Crippen molar-refractivity contribution in [2.24, 2.45) is 0 Å². The van der Waals surface area contributed by atoms with Gasteiger partial charge in [0.15, 0.2) is 5.13 Å². The second kappa shape index (κ2) is 9.84. The summed E-state index contributed by atoms with van der Waals surface area (Å²) in [5, 5.41) is 4.37. The second-order valence-electron chi connectivity index (χ2n) is 8.64. The number of hydrogen-bond acceptors (Lipinski definition) is 5. The fraction of sp³-hybridized carbons (Fsp3) is 0.138. The lowest BCUT2D eigenvalue weighted by Crippen LogP contribution is -2.13. The predicted molar refractivity (Wildman–Crippen MR) is 151 cm³/mol. The lowest BCUT2D eigenvalue weighted by Gasteiger charge is -2.11. The summed E-state index contributed by atoms with van der Waals surface area (Å²) < 4.78 is 6.16. The minimum atomic E-state index is -0.225. The van der Waals surface area contributed by atoms with Gasteiger partial charge in [-0.25, -0.2) is 9.97 Å². The van der Waals surface area contributed by atoms with Crippen molar-refractivity contribution in [1.82, 2.24) is 9.97 Å². The number of nitrogens with zero attached hydrogens (tertiary/aromatic N) is 2. The van der Waals surface area contributed by atoms with Gasteiger partial charge in [-0.05, 0) is 80.9 Å². The molecule has 2 heterocycles. The third kappa shape index (κ3) is 4.76. The van der Waals surface area contributed by atoms with Gasteiger partial charge < -0.3 is 4.74 Å². The molecule has 0 aliphatic carbocycles. The number of ether oxygens (including phenoxy) is 1. The van der Waals surface area contributed by atoms with Crippen molar-refractivity contribution in [1.29, 1.82) is 0 Å². The molecule has 7 heteroatoms. The molecular weight excluding hydrogens is 534 g/mol. The SMILES string of the molecule is COc1ccc(-c2cc(C(=O)Nc3nc(-c4cc(C)ccc4C)c(C)s3)c3cc(Br)ccc3n2)cc1. The summed E-state index contributed by atoms with van der Waals surface area (Å²) in [6.45, 7) is 6.18. The smallest absolute Gasteiger partial charge is 0.258 e. The molecule has 0 aliphatic heterocycles. The Hall–Kier alpha value is -3.55. The Labute approximate surface area is 222 Å². The second-order valence-corrected chi connectivity index (χ2v) is 10.8. The third-order valence-corrected chi connectivity index (χ3v) is 7.45. The molecule has 1 N–H and O–H groups in total. The van der Waals surface area contributed by atoms with Gasteiger partial charge in [-0.3, -0.25) is 10.1 Å². The maximum absolute atomic E-state index is 13.6. The van der Waals surface area contributed by atoms with Crippen LogP contribution in [0, 0.1) is 20.8 Å². The van der Waals surface area contributed by atoms with Gasteiger partial charge in [-0.2, -0.15) is 0 Å². The summed E-state index contributed by atoms with van der Waals surface area (Å²) in [5.41, 5.74) is 7.20. The molecule has 0 fully saturated rings. The van der Waals surface area contributed by atoms with E-state index in [0.29, 0.717) is 16.4 Å². The Bertz CT molecular complexity index is 1610. The van der Waals surface area contributed by atoms with Crippen molar-refractivity contribution in [3.8, 4) is 28.3 Å². The largest absolute Gasteiger partial charge is 0.497 e. The standard InChI is InChI=1S/C29H24BrN3O2S/c1-16-5-6-17(2)22(13-16)27-18(3)36-29(32-27)33-28(34)24-15-26(19-7-10-21(35-4)11-8-19)31-25-12-9-20(30)14-23(24)25/h5-15H,1-4H3,(H,32,33,34). The van der Waals surface area contributed by atoms with Crippen molar-refractivity contribution in [2.75, 3.05) is 12.4 Å². The van der Waals surface area contributed by atoms with Crippen LogP contribution in [0.3, 0.4) is 0 Å². The summed E-state index contributed by atoms with van der Waals surface area (Å²) in [4.78, 5) is 24.3. The van der Waals surface area contributed by atoms with Crippen molar-refractivity contribution >= 4 is 49.2 Å². The molecular formula is C29H24BrN3O2S. The number of carbonyl (C=O) groups excluding carboxylic acids is 1. The van der Waals surface area contributed by atoms with Crippen LogP contribution in [0.1, 0.15) is 26.4 Å². The molecule has 2 aromatic heterocycles. The van der Waals surface area contributed by atoms with E-state index in [1.807, 2.05) is 55.5 Å². The van der Waals surface area contributed by atoms with Crippen LogP contribution in [-0.4, -0.2) is 23.0 Å². The predicted octanol–water partition coefficient (Wildman–Crippen LogP) is 7.97. The molecule has 0 unspecified atom stereocenters. The molecule has 0 aliphatic rings. The molecule has 0 radical (unpaired) electrons. The number of methoxy groups -OCH3 is 1. The molecule has 0 spiro atoms. The van der Waals surface area contributed by atoms with Gasteiger partial charge in [0.1, 0.15) is 5.75 Å². The van der Waals surface area contributed by atoms with E-state index >= 15 is 0 Å². The van der Waals surface area contributed by atoms with E-state index < -0.39 is 0 Å². The number of hydrogen-bond donors (Lipinski definition) is 1. The summed E-state index contributed by atoms with van der Waals surface area (Å²) >= 11 is 5.01. The van der Waals surface area contributed by atoms with Gasteiger partial charge in [0, 0.05) is 25.9 Å². The van der Waals surface area contributed by atoms with E-state index in [2.05, 4.69) is 53.3 Å². The molecule has 5 nitrogen and oxygen atoms in total. The van der Waals surface area contributed by atoms with E-state index in [4.69, 9.17) is 14.7 Å². The Morgan fingerprint density at radius 3 is 2.47 bits per heavy atom. The molecule has 3 aromatic carbocycles. The number of rotatable bonds is 5. The summed E-state index contributed by atoms with van der Waals surface area (Å²) in [5.74, 6) is 0.539. The number of carbonyl (C=O) groups is 1. The van der Waals surface area contributed by atoms with Crippen LogP contribution in [0.4, 0.5) is 5.13 Å². The first kappa shape index (κ1) is 24.2. The molecule has 36 heavy (non-hydrogen) atoms. The van der Waals surface area contributed by atoms with Crippen LogP contribution in [0.25, 0.3) is 33.4 Å². The first-order valence-corrected chi connectivity index (χ1v) is 13.0. The quantitative estimate of drug-likeness (QED) is 0.238. The minimum Gasteiger partial charge on any atom is -0.497 e. The summed E-state index contributed by atoms with van der Waals surface area (Å²) in [7, 11) is 1.63. The van der Waals surface area contributed by atoms with Gasteiger partial charge >= 0.3 is 0 Å². The number of aromatic nitrogens is 2. The number of benzene rings is 3. The molecule has 0 bridgehead atoms. The average molecular weight is 559 g/mol. The number of thiazole rings is 1. The van der Waals surface area contributed by atoms with Crippen LogP contribution in [-0.2, 0) is 0 Å². The first-order valence-electron chi connectivity index (χ1n) is 11.4. The topological polar surface area (TPSA) is 64.1 Å². The highest BCUT2D eigenvalue weighted by molar-refractivity contribution is 9.10. The fourth-order valence-electron chi connectivity index (χ4n) is 4.15. The molecule has 180 valence electrons. The average Bonchev–Trinajstić information content (AvgIpc) is 3.24. The number of aryl methyl sites for hydroxylation is 3. The third-order valence-electron chi connectivity index (χ3n) is 6.07. The molecule has 5 rings (SSSR count). The van der Waals surface area contributed by atoms with E-state index in [-0.39, 0.29) is 5.91 Å². The monoisotopic (exact) mass is 557 g/mol. The number of anilines is 1. The molecule has 1 amide bonds. The minimum absolute atomic E-state index is 0.225. The first-order chi connectivity index (χ1) is 17.3. The maximum atomic E-state index is 13.6.